The molecule has 1 aromatic heterocycles. The Morgan fingerprint density at radius 3 is 3.12 bits per heavy atom. The molecule has 6 heteroatoms. The van der Waals surface area contributed by atoms with Crippen LogP contribution in [0, 0.1) is 0 Å². The van der Waals surface area contributed by atoms with Crippen LogP contribution >= 0.6 is 0 Å². The molecule has 2 N–H and O–H groups in total. The lowest BCUT2D eigenvalue weighted by Gasteiger charge is -2.01. The standard InChI is InChI=1S/C10H18N4O2/c1-2-11-10(16)5-6-14-8-9(12-13-14)4-3-7-15/h8,15H,2-7H2,1H3,(H,11,16). The number of aliphatic hydroxyl groups is 1. The van der Waals surface area contributed by atoms with Gasteiger partial charge in [0.25, 0.3) is 0 Å². The predicted octanol–water partition coefficient (Wildman–Crippen LogP) is -0.271. The molecular weight excluding hydrogens is 208 g/mol. The molecule has 0 unspecified atom stereocenters. The second-order valence-corrected chi connectivity index (χ2v) is 3.50. The second-order valence-electron chi connectivity index (χ2n) is 3.50. The predicted molar refractivity (Wildman–Crippen MR) is 58.7 cm³/mol. The van der Waals surface area contributed by atoms with Crippen LogP contribution in [-0.2, 0) is 17.8 Å². The number of aromatic nitrogens is 3. The molecule has 0 bridgehead atoms. The SMILES string of the molecule is CCNC(=O)CCn1cc(CCCO)nn1. The number of nitrogens with one attached hydrogen (secondary N) is 1. The monoisotopic (exact) mass is 226 g/mol. The smallest absolute Gasteiger partial charge is 0.221 e. The van der Waals surface area contributed by atoms with Crippen molar-refractivity contribution in [2.45, 2.75) is 32.7 Å². The zero-order chi connectivity index (χ0) is 11.8. The van der Waals surface area contributed by atoms with Gasteiger partial charge >= 0.3 is 0 Å². The highest BCUT2D eigenvalue weighted by molar-refractivity contribution is 5.75. The van der Waals surface area contributed by atoms with E-state index < -0.39 is 0 Å². The fourth-order valence-electron chi connectivity index (χ4n) is 1.32. The summed E-state index contributed by atoms with van der Waals surface area (Å²) >= 11 is 0. The van der Waals surface area contributed by atoms with Crippen molar-refractivity contribution in [2.24, 2.45) is 0 Å². The molecular formula is C10H18N4O2. The minimum absolute atomic E-state index is 0.0231. The van der Waals surface area contributed by atoms with E-state index in [1.165, 1.54) is 0 Å². The summed E-state index contributed by atoms with van der Waals surface area (Å²) in [6.07, 6.45) is 3.64. The van der Waals surface area contributed by atoms with Crippen LogP contribution < -0.4 is 5.32 Å². The van der Waals surface area contributed by atoms with Gasteiger partial charge in [-0.05, 0) is 19.8 Å². The molecule has 0 aliphatic carbocycles. The molecule has 0 aliphatic rings. The van der Waals surface area contributed by atoms with Crippen molar-refractivity contribution in [1.82, 2.24) is 20.3 Å². The lowest BCUT2D eigenvalue weighted by molar-refractivity contribution is -0.121. The summed E-state index contributed by atoms with van der Waals surface area (Å²) in [4.78, 5) is 11.2. The van der Waals surface area contributed by atoms with E-state index in [-0.39, 0.29) is 12.5 Å². The topological polar surface area (TPSA) is 80.0 Å². The van der Waals surface area contributed by atoms with Gasteiger partial charge in [0.2, 0.25) is 5.91 Å². The third kappa shape index (κ3) is 4.39. The highest BCUT2D eigenvalue weighted by atomic mass is 16.2. The Labute approximate surface area is 94.7 Å². The fourth-order valence-corrected chi connectivity index (χ4v) is 1.32. The second kappa shape index (κ2) is 6.95. The van der Waals surface area contributed by atoms with Crippen LogP contribution in [0.25, 0.3) is 0 Å². The molecule has 1 rings (SSSR count). The molecule has 0 atom stereocenters. The quantitative estimate of drug-likeness (QED) is 0.670. The average molecular weight is 226 g/mol. The van der Waals surface area contributed by atoms with Crippen LogP contribution in [0.3, 0.4) is 0 Å². The Morgan fingerprint density at radius 2 is 2.44 bits per heavy atom. The van der Waals surface area contributed by atoms with Crippen molar-refractivity contribution in [3.8, 4) is 0 Å². The number of rotatable bonds is 7. The first kappa shape index (κ1) is 12.6. The molecule has 16 heavy (non-hydrogen) atoms. The highest BCUT2D eigenvalue weighted by Crippen LogP contribution is 1.98. The largest absolute Gasteiger partial charge is 0.396 e. The summed E-state index contributed by atoms with van der Waals surface area (Å²) < 4.78 is 1.65. The molecule has 0 spiro atoms. The normalized spacial score (nSPS) is 10.4. The van der Waals surface area contributed by atoms with Crippen molar-refractivity contribution in [3.05, 3.63) is 11.9 Å². The highest BCUT2D eigenvalue weighted by Gasteiger charge is 2.03. The van der Waals surface area contributed by atoms with Crippen molar-refractivity contribution < 1.29 is 9.90 Å². The molecule has 0 aromatic carbocycles. The zero-order valence-corrected chi connectivity index (χ0v) is 9.52. The van der Waals surface area contributed by atoms with E-state index >= 15 is 0 Å². The van der Waals surface area contributed by atoms with Crippen molar-refractivity contribution in [1.29, 1.82) is 0 Å². The molecule has 0 saturated heterocycles. The van der Waals surface area contributed by atoms with Gasteiger partial charge in [-0.2, -0.15) is 0 Å². The molecule has 1 amide bonds. The number of aryl methyl sites for hydroxylation is 2. The Bertz CT molecular complexity index is 324. The van der Waals surface area contributed by atoms with Crippen molar-refractivity contribution in [3.63, 3.8) is 0 Å². The molecule has 0 saturated carbocycles. The summed E-state index contributed by atoms with van der Waals surface area (Å²) in [5.74, 6) is 0.0231. The maximum absolute atomic E-state index is 11.2. The van der Waals surface area contributed by atoms with Crippen molar-refractivity contribution >= 4 is 5.91 Å². The Kier molecular flexibility index (Phi) is 5.49. The lowest BCUT2D eigenvalue weighted by Crippen LogP contribution is -2.23. The minimum Gasteiger partial charge on any atom is -0.396 e. The first-order chi connectivity index (χ1) is 7.76. The first-order valence-corrected chi connectivity index (χ1v) is 5.52. The van der Waals surface area contributed by atoms with Crippen LogP contribution in [0.4, 0.5) is 0 Å². The number of nitrogens with zero attached hydrogens (tertiary/aromatic N) is 3. The van der Waals surface area contributed by atoms with E-state index in [1.807, 2.05) is 13.1 Å². The summed E-state index contributed by atoms with van der Waals surface area (Å²) in [7, 11) is 0. The number of carbonyl (C=O) groups excluding carboxylic acids is 1. The average Bonchev–Trinajstić information content (AvgIpc) is 2.72. The molecule has 0 fully saturated rings. The maximum Gasteiger partial charge on any atom is 0.221 e. The number of aliphatic hydroxyl groups excluding tert-OH is 1. The molecule has 90 valence electrons. The van der Waals surface area contributed by atoms with Gasteiger partial charge in [0.1, 0.15) is 0 Å². The van der Waals surface area contributed by atoms with E-state index in [1.54, 1.807) is 4.68 Å². The number of amides is 1. The summed E-state index contributed by atoms with van der Waals surface area (Å²) in [5.41, 5.74) is 0.852. The first-order valence-electron chi connectivity index (χ1n) is 5.52. The van der Waals surface area contributed by atoms with E-state index in [2.05, 4.69) is 15.6 Å². The molecule has 0 radical (unpaired) electrons. The van der Waals surface area contributed by atoms with E-state index in [0.29, 0.717) is 25.9 Å². The maximum atomic E-state index is 11.2. The number of hydrogen-bond acceptors (Lipinski definition) is 4. The van der Waals surface area contributed by atoms with Gasteiger partial charge in [-0.1, -0.05) is 5.21 Å². The third-order valence-electron chi connectivity index (χ3n) is 2.12. The van der Waals surface area contributed by atoms with Crippen LogP contribution in [0.1, 0.15) is 25.5 Å². The zero-order valence-electron chi connectivity index (χ0n) is 9.52. The summed E-state index contributed by atoms with van der Waals surface area (Å²) in [5, 5.41) is 19.2. The Balaban J connectivity index is 2.31. The molecule has 1 aromatic rings. The number of carbonyl (C=O) groups is 1. The molecule has 0 aliphatic heterocycles. The van der Waals surface area contributed by atoms with E-state index in [4.69, 9.17) is 5.11 Å². The van der Waals surface area contributed by atoms with Crippen LogP contribution in [0.5, 0.6) is 0 Å². The lowest BCUT2D eigenvalue weighted by atomic mass is 10.2. The Hall–Kier alpha value is -1.43. The summed E-state index contributed by atoms with van der Waals surface area (Å²) in [6.45, 7) is 3.24. The van der Waals surface area contributed by atoms with Gasteiger partial charge in [-0.25, -0.2) is 0 Å². The van der Waals surface area contributed by atoms with Gasteiger partial charge in [0.05, 0.1) is 12.2 Å². The number of hydrogen-bond donors (Lipinski definition) is 2. The molecule has 1 heterocycles. The molecule has 6 nitrogen and oxygen atoms in total. The van der Waals surface area contributed by atoms with Gasteiger partial charge in [-0.15, -0.1) is 5.10 Å². The Morgan fingerprint density at radius 1 is 1.62 bits per heavy atom. The van der Waals surface area contributed by atoms with Gasteiger partial charge in [0.15, 0.2) is 0 Å². The van der Waals surface area contributed by atoms with Crippen LogP contribution in [0.15, 0.2) is 6.20 Å². The summed E-state index contributed by atoms with van der Waals surface area (Å²) in [6, 6.07) is 0. The van der Waals surface area contributed by atoms with Crippen LogP contribution in [-0.4, -0.2) is 39.2 Å². The van der Waals surface area contributed by atoms with Crippen LogP contribution in [0.2, 0.25) is 0 Å². The van der Waals surface area contributed by atoms with Crippen molar-refractivity contribution in [2.75, 3.05) is 13.2 Å². The van der Waals surface area contributed by atoms with Gasteiger partial charge < -0.3 is 10.4 Å². The third-order valence-corrected chi connectivity index (χ3v) is 2.12. The van der Waals surface area contributed by atoms with E-state index in [0.717, 1.165) is 12.1 Å². The van der Waals surface area contributed by atoms with E-state index in [9.17, 15) is 4.79 Å². The van der Waals surface area contributed by atoms with Gasteiger partial charge in [-0.3, -0.25) is 9.48 Å². The fraction of sp³-hybridized carbons (Fsp3) is 0.700. The minimum atomic E-state index is 0.0231. The van der Waals surface area contributed by atoms with Gasteiger partial charge in [0, 0.05) is 25.8 Å².